The number of hydrogen-bond donors (Lipinski definition) is 1. The lowest BCUT2D eigenvalue weighted by molar-refractivity contribution is -0.121. The van der Waals surface area contributed by atoms with Crippen LogP contribution in [0.4, 0.5) is 5.69 Å². The van der Waals surface area contributed by atoms with Crippen LogP contribution in [0.5, 0.6) is 11.5 Å². The van der Waals surface area contributed by atoms with Gasteiger partial charge in [0.2, 0.25) is 15.9 Å². The maximum absolute atomic E-state index is 12.3. The van der Waals surface area contributed by atoms with Gasteiger partial charge < -0.3 is 14.8 Å². The molecule has 1 N–H and O–H groups in total. The van der Waals surface area contributed by atoms with Gasteiger partial charge in [-0.3, -0.25) is 9.10 Å². The fourth-order valence-corrected chi connectivity index (χ4v) is 4.30. The summed E-state index contributed by atoms with van der Waals surface area (Å²) in [5, 5.41) is 2.99. The number of hydrogen-bond acceptors (Lipinski definition) is 5. The van der Waals surface area contributed by atoms with E-state index in [9.17, 15) is 13.2 Å². The maximum atomic E-state index is 12.3. The number of anilines is 1. The molecular weight excluding hydrogens is 392 g/mol. The van der Waals surface area contributed by atoms with Crippen molar-refractivity contribution in [3.8, 4) is 11.5 Å². The molecule has 0 bridgehead atoms. The summed E-state index contributed by atoms with van der Waals surface area (Å²) in [6.07, 6.45) is 6.41. The van der Waals surface area contributed by atoms with Crippen LogP contribution >= 0.6 is 0 Å². The SMILES string of the molecule is CCCCC(CC)CNC(=O)CCCN(c1ccc2c(c1)OCCO2)S(C)(=O)=O. The van der Waals surface area contributed by atoms with Gasteiger partial charge in [-0.05, 0) is 30.9 Å². The van der Waals surface area contributed by atoms with E-state index < -0.39 is 10.0 Å². The Bertz CT molecular complexity index is 766. The van der Waals surface area contributed by atoms with Crippen LogP contribution in [0.2, 0.25) is 0 Å². The van der Waals surface area contributed by atoms with Gasteiger partial charge in [0.05, 0.1) is 11.9 Å². The minimum atomic E-state index is -3.48. The van der Waals surface area contributed by atoms with E-state index in [0.717, 1.165) is 19.3 Å². The third-order valence-electron chi connectivity index (χ3n) is 5.11. The van der Waals surface area contributed by atoms with Crippen LogP contribution in [0, 0.1) is 5.92 Å². The van der Waals surface area contributed by atoms with Gasteiger partial charge in [0.25, 0.3) is 0 Å². The lowest BCUT2D eigenvalue weighted by Gasteiger charge is -2.25. The Balaban J connectivity index is 1.89. The molecule has 0 aromatic heterocycles. The molecule has 1 atom stereocenters. The lowest BCUT2D eigenvalue weighted by atomic mass is 9.99. The van der Waals surface area contributed by atoms with Gasteiger partial charge in [0.1, 0.15) is 13.2 Å². The van der Waals surface area contributed by atoms with Crippen LogP contribution in [0.3, 0.4) is 0 Å². The average molecular weight is 427 g/mol. The van der Waals surface area contributed by atoms with E-state index in [2.05, 4.69) is 19.2 Å². The van der Waals surface area contributed by atoms with E-state index in [1.54, 1.807) is 18.2 Å². The van der Waals surface area contributed by atoms with Crippen LogP contribution in [-0.4, -0.2) is 46.9 Å². The highest BCUT2D eigenvalue weighted by Gasteiger charge is 2.21. The van der Waals surface area contributed by atoms with Crippen molar-refractivity contribution in [2.45, 2.75) is 52.4 Å². The van der Waals surface area contributed by atoms with E-state index in [-0.39, 0.29) is 12.5 Å². The zero-order chi connectivity index (χ0) is 21.3. The molecule has 1 aromatic rings. The van der Waals surface area contributed by atoms with Gasteiger partial charge in [-0.25, -0.2) is 8.42 Å². The second kappa shape index (κ2) is 11.3. The molecule has 164 valence electrons. The molecule has 8 heteroatoms. The Labute approximate surface area is 174 Å². The van der Waals surface area contributed by atoms with Crippen molar-refractivity contribution in [3.63, 3.8) is 0 Å². The van der Waals surface area contributed by atoms with Crippen LogP contribution in [0.25, 0.3) is 0 Å². The molecule has 1 aromatic carbocycles. The van der Waals surface area contributed by atoms with Gasteiger partial charge in [0.15, 0.2) is 11.5 Å². The molecule has 1 aliphatic rings. The number of ether oxygens (including phenoxy) is 2. The van der Waals surface area contributed by atoms with Crippen molar-refractivity contribution in [3.05, 3.63) is 18.2 Å². The van der Waals surface area contributed by atoms with Crippen LogP contribution in [0.1, 0.15) is 52.4 Å². The normalized spacial score (nSPS) is 14.3. The van der Waals surface area contributed by atoms with Crippen molar-refractivity contribution in [1.29, 1.82) is 0 Å². The Morgan fingerprint density at radius 2 is 1.90 bits per heavy atom. The largest absolute Gasteiger partial charge is 0.486 e. The minimum Gasteiger partial charge on any atom is -0.486 e. The standard InChI is InChI=1S/C21H34N2O5S/c1-4-6-8-17(5-2)16-22-21(24)9-7-12-23(29(3,25)26)18-10-11-19-20(15-18)28-14-13-27-19/h10-11,15,17H,4-9,12-14,16H2,1-3H3,(H,22,24). The number of sulfonamides is 1. The first-order valence-electron chi connectivity index (χ1n) is 10.5. The van der Waals surface area contributed by atoms with E-state index in [1.165, 1.54) is 17.0 Å². The molecule has 0 radical (unpaired) electrons. The zero-order valence-corrected chi connectivity index (χ0v) is 18.6. The lowest BCUT2D eigenvalue weighted by Crippen LogP contribution is -2.33. The summed E-state index contributed by atoms with van der Waals surface area (Å²) in [5.74, 6) is 1.62. The molecule has 0 saturated heterocycles. The minimum absolute atomic E-state index is 0.0319. The van der Waals surface area contributed by atoms with Gasteiger partial charge in [0, 0.05) is 25.6 Å². The summed E-state index contributed by atoms with van der Waals surface area (Å²) >= 11 is 0. The number of carbonyl (C=O) groups is 1. The predicted octanol–water partition coefficient (Wildman–Crippen LogP) is 3.34. The first-order chi connectivity index (χ1) is 13.8. The summed E-state index contributed by atoms with van der Waals surface area (Å²) in [7, 11) is -3.48. The topological polar surface area (TPSA) is 84.9 Å². The predicted molar refractivity (Wildman–Crippen MR) is 115 cm³/mol. The van der Waals surface area contributed by atoms with E-state index in [4.69, 9.17) is 9.47 Å². The van der Waals surface area contributed by atoms with Gasteiger partial charge >= 0.3 is 0 Å². The van der Waals surface area contributed by atoms with E-state index >= 15 is 0 Å². The van der Waals surface area contributed by atoms with E-state index in [0.29, 0.717) is 55.7 Å². The third-order valence-corrected chi connectivity index (χ3v) is 6.30. The van der Waals surface area contributed by atoms with Crippen LogP contribution in [0.15, 0.2) is 18.2 Å². The Kier molecular flexibility index (Phi) is 9.07. The van der Waals surface area contributed by atoms with Crippen LogP contribution < -0.4 is 19.1 Å². The highest BCUT2D eigenvalue weighted by molar-refractivity contribution is 7.92. The first kappa shape index (κ1) is 23.3. The maximum Gasteiger partial charge on any atom is 0.232 e. The second-order valence-corrected chi connectivity index (χ2v) is 9.39. The van der Waals surface area contributed by atoms with Crippen molar-refractivity contribution in [2.24, 2.45) is 5.92 Å². The molecule has 1 amide bonds. The van der Waals surface area contributed by atoms with Gasteiger partial charge in [-0.15, -0.1) is 0 Å². The molecular formula is C21H34N2O5S. The molecule has 0 saturated carbocycles. The van der Waals surface area contributed by atoms with Crippen molar-refractivity contribution >= 4 is 21.6 Å². The molecule has 1 aliphatic heterocycles. The van der Waals surface area contributed by atoms with Crippen molar-refractivity contribution < 1.29 is 22.7 Å². The summed E-state index contributed by atoms with van der Waals surface area (Å²) in [4.78, 5) is 12.2. The number of amides is 1. The summed E-state index contributed by atoms with van der Waals surface area (Å²) in [6, 6.07) is 5.10. The quantitative estimate of drug-likeness (QED) is 0.554. The Morgan fingerprint density at radius 3 is 2.55 bits per heavy atom. The number of carbonyl (C=O) groups excluding carboxylic acids is 1. The first-order valence-corrected chi connectivity index (χ1v) is 12.3. The number of benzene rings is 1. The third kappa shape index (κ3) is 7.42. The van der Waals surface area contributed by atoms with Gasteiger partial charge in [-0.1, -0.05) is 33.1 Å². The summed E-state index contributed by atoms with van der Waals surface area (Å²) in [5.41, 5.74) is 0.516. The van der Waals surface area contributed by atoms with Crippen LogP contribution in [-0.2, 0) is 14.8 Å². The second-order valence-electron chi connectivity index (χ2n) is 7.49. The summed E-state index contributed by atoms with van der Waals surface area (Å²) < 4.78 is 36.9. The highest BCUT2D eigenvalue weighted by atomic mass is 32.2. The fraction of sp³-hybridized carbons (Fsp3) is 0.667. The summed E-state index contributed by atoms with van der Waals surface area (Å²) in [6.45, 7) is 6.15. The molecule has 0 aliphatic carbocycles. The Morgan fingerprint density at radius 1 is 1.17 bits per heavy atom. The molecule has 7 nitrogen and oxygen atoms in total. The average Bonchev–Trinajstić information content (AvgIpc) is 2.70. The molecule has 2 rings (SSSR count). The molecule has 1 heterocycles. The van der Waals surface area contributed by atoms with Crippen molar-refractivity contribution in [1.82, 2.24) is 5.32 Å². The zero-order valence-electron chi connectivity index (χ0n) is 17.8. The smallest absolute Gasteiger partial charge is 0.232 e. The fourth-order valence-electron chi connectivity index (χ4n) is 3.35. The number of nitrogens with zero attached hydrogens (tertiary/aromatic N) is 1. The molecule has 0 fully saturated rings. The highest BCUT2D eigenvalue weighted by Crippen LogP contribution is 2.34. The molecule has 29 heavy (non-hydrogen) atoms. The molecule has 0 spiro atoms. The monoisotopic (exact) mass is 426 g/mol. The molecule has 1 unspecified atom stereocenters. The Hall–Kier alpha value is -1.96. The number of nitrogens with one attached hydrogen (secondary N) is 1. The van der Waals surface area contributed by atoms with E-state index in [1.807, 2.05) is 0 Å². The number of fused-ring (bicyclic) bond motifs is 1. The van der Waals surface area contributed by atoms with Gasteiger partial charge in [-0.2, -0.15) is 0 Å². The van der Waals surface area contributed by atoms with Crippen molar-refractivity contribution in [2.75, 3.05) is 36.9 Å². The number of unbranched alkanes of at least 4 members (excludes halogenated alkanes) is 1. The number of rotatable bonds is 12.